The van der Waals surface area contributed by atoms with Gasteiger partial charge in [-0.3, -0.25) is 9.36 Å². The summed E-state index contributed by atoms with van der Waals surface area (Å²) in [7, 11) is 0. The van der Waals surface area contributed by atoms with Gasteiger partial charge in [0.2, 0.25) is 0 Å². The van der Waals surface area contributed by atoms with Crippen LogP contribution in [-0.2, 0) is 4.74 Å². The van der Waals surface area contributed by atoms with E-state index in [4.69, 9.17) is 4.74 Å². The molecule has 1 saturated heterocycles. The number of nitrogens with one attached hydrogen (secondary N) is 1. The molecule has 0 aliphatic carbocycles. The van der Waals surface area contributed by atoms with Crippen molar-refractivity contribution in [1.82, 2.24) is 19.5 Å². The van der Waals surface area contributed by atoms with E-state index in [1.54, 1.807) is 18.4 Å². The smallest absolute Gasteiger partial charge is 0.279 e. The van der Waals surface area contributed by atoms with Gasteiger partial charge in [-0.25, -0.2) is 9.97 Å². The Bertz CT molecular complexity index is 942. The first kappa shape index (κ1) is 19.3. The van der Waals surface area contributed by atoms with Gasteiger partial charge in [-0.2, -0.15) is 0 Å². The lowest BCUT2D eigenvalue weighted by atomic mass is 9.95. The van der Waals surface area contributed by atoms with Gasteiger partial charge in [0.25, 0.3) is 5.56 Å². The summed E-state index contributed by atoms with van der Waals surface area (Å²) in [5.41, 5.74) is -1.35. The zero-order chi connectivity index (χ0) is 19.4. The summed E-state index contributed by atoms with van der Waals surface area (Å²) in [6.45, 7) is 7.91. The maximum atomic E-state index is 12.2. The van der Waals surface area contributed by atoms with Crippen LogP contribution in [0.25, 0.3) is 11.2 Å². The Hall–Kier alpha value is -1.47. The molecule has 3 rings (SSSR count). The highest BCUT2D eigenvalue weighted by molar-refractivity contribution is 7.72. The molecule has 1 unspecified atom stereocenters. The third-order valence-electron chi connectivity index (χ3n) is 4.85. The summed E-state index contributed by atoms with van der Waals surface area (Å²) in [6.07, 6.45) is 3.18. The minimum atomic E-state index is -1.54. The van der Waals surface area contributed by atoms with Gasteiger partial charge < -0.3 is 19.9 Å². The zero-order valence-electron chi connectivity index (χ0n) is 15.9. The van der Waals surface area contributed by atoms with E-state index in [-0.39, 0.29) is 11.1 Å². The van der Waals surface area contributed by atoms with Crippen LogP contribution in [0.15, 0.2) is 4.79 Å². The van der Waals surface area contributed by atoms with Crippen LogP contribution in [-0.4, -0.2) is 73.3 Å². The Morgan fingerprint density at radius 3 is 2.65 bits per heavy atom. The van der Waals surface area contributed by atoms with Crippen molar-refractivity contribution >= 4 is 24.3 Å². The molecule has 3 N–H and O–H groups in total. The van der Waals surface area contributed by atoms with Crippen molar-refractivity contribution in [3.8, 4) is 0 Å². The van der Waals surface area contributed by atoms with Crippen LogP contribution in [0.3, 0.4) is 0 Å². The average Bonchev–Trinajstić information content (AvgIpc) is 2.92. The second-order valence-electron chi connectivity index (χ2n) is 8.00. The Labute approximate surface area is 152 Å². The number of aromatic nitrogens is 4. The van der Waals surface area contributed by atoms with Gasteiger partial charge in [0.1, 0.15) is 23.4 Å². The van der Waals surface area contributed by atoms with Gasteiger partial charge >= 0.3 is 0 Å². The van der Waals surface area contributed by atoms with E-state index >= 15 is 0 Å². The summed E-state index contributed by atoms with van der Waals surface area (Å²) in [6, 6.07) is 0. The second-order valence-corrected chi connectivity index (χ2v) is 12.3. The number of hydrogen-bond acceptors (Lipinski definition) is 6. The van der Waals surface area contributed by atoms with Crippen molar-refractivity contribution in [2.24, 2.45) is 0 Å². The number of aliphatic hydroxyl groups is 2. The largest absolute Gasteiger partial charge is 0.387 e. The minimum absolute atomic E-state index is 0.190. The third kappa shape index (κ3) is 3.27. The molecule has 144 valence electrons. The monoisotopic (exact) mass is 382 g/mol. The van der Waals surface area contributed by atoms with E-state index in [1.165, 1.54) is 6.92 Å². The lowest BCUT2D eigenvalue weighted by Gasteiger charge is -2.28. The highest BCUT2D eigenvalue weighted by atomic mass is 31.2. The van der Waals surface area contributed by atoms with Crippen LogP contribution >= 0.6 is 6.89 Å². The Morgan fingerprint density at radius 1 is 1.38 bits per heavy atom. The topological polar surface area (TPSA) is 113 Å². The number of ether oxygens (including phenoxy) is 1. The molecule has 8 nitrogen and oxygen atoms in total. The number of H-pyrrole nitrogens is 1. The zero-order valence-corrected chi connectivity index (χ0v) is 16.7. The van der Waals surface area contributed by atoms with Crippen molar-refractivity contribution in [2.75, 3.05) is 19.5 Å². The number of hydrogen-bond donors (Lipinski definition) is 3. The molecule has 0 aromatic carbocycles. The van der Waals surface area contributed by atoms with Crippen molar-refractivity contribution in [1.29, 1.82) is 0 Å². The molecule has 1 aliphatic rings. The van der Waals surface area contributed by atoms with E-state index in [0.29, 0.717) is 23.7 Å². The molecule has 0 bridgehead atoms. The van der Waals surface area contributed by atoms with Gasteiger partial charge in [-0.1, -0.05) is 0 Å². The molecular weight excluding hydrogens is 355 g/mol. The van der Waals surface area contributed by atoms with Gasteiger partial charge in [0.05, 0.1) is 6.10 Å². The summed E-state index contributed by atoms with van der Waals surface area (Å²) in [5.74, 6) is 0.939. The number of rotatable bonds is 4. The molecule has 2 aromatic heterocycles. The van der Waals surface area contributed by atoms with E-state index in [0.717, 1.165) is 6.16 Å². The molecule has 0 amide bonds. The average molecular weight is 382 g/mol. The number of aromatic amines is 1. The summed E-state index contributed by atoms with van der Waals surface area (Å²) in [5, 5.41) is 21.6. The quantitative estimate of drug-likeness (QED) is 0.676. The van der Waals surface area contributed by atoms with Crippen molar-refractivity contribution in [2.45, 2.75) is 51.2 Å². The van der Waals surface area contributed by atoms with Crippen LogP contribution < -0.4 is 5.56 Å². The van der Waals surface area contributed by atoms with Gasteiger partial charge in [0.15, 0.2) is 17.4 Å². The van der Waals surface area contributed by atoms with Crippen LogP contribution in [0.5, 0.6) is 0 Å². The Morgan fingerprint density at radius 2 is 2.04 bits per heavy atom. The van der Waals surface area contributed by atoms with Gasteiger partial charge in [0, 0.05) is 0 Å². The van der Waals surface area contributed by atoms with Gasteiger partial charge in [-0.05, 0) is 46.7 Å². The van der Waals surface area contributed by atoms with E-state index in [1.807, 2.05) is 0 Å². The molecule has 0 radical (unpaired) electrons. The molecule has 26 heavy (non-hydrogen) atoms. The number of imidazole rings is 1. The molecule has 4 atom stereocenters. The van der Waals surface area contributed by atoms with Crippen molar-refractivity contribution in [3.05, 3.63) is 22.0 Å². The van der Waals surface area contributed by atoms with Gasteiger partial charge in [-0.15, -0.1) is 13.2 Å². The molecule has 1 aliphatic heterocycles. The molecule has 1 fully saturated rings. The lowest BCUT2D eigenvalue weighted by Crippen LogP contribution is -2.44. The maximum Gasteiger partial charge on any atom is 0.279 e. The highest BCUT2D eigenvalue weighted by Gasteiger charge is 2.53. The standard InChI is InChI=1S/C17H27N4O4P/c1-9-18-14-12(15(23)19-9)20-10(2)21(14)16-17(3,24)13(22)11(25-16)7-8-26(4,5)6/h11,13,16,22,24H,4,7-8H2,1-3,5-6H3,(H,18,19,23)/t11-,13-,16?,17-/m1/s1. The molecule has 9 heteroatoms. The fourth-order valence-corrected chi connectivity index (χ4v) is 4.36. The highest BCUT2D eigenvalue weighted by Crippen LogP contribution is 2.44. The number of fused-ring (bicyclic) bond motifs is 1. The number of nitrogens with zero attached hydrogens (tertiary/aromatic N) is 3. The Kier molecular flexibility index (Phi) is 4.68. The third-order valence-corrected chi connectivity index (χ3v) is 6.32. The van der Waals surface area contributed by atoms with Crippen LogP contribution in [0.2, 0.25) is 0 Å². The van der Waals surface area contributed by atoms with Crippen molar-refractivity contribution < 1.29 is 14.9 Å². The molecule has 3 heterocycles. The maximum absolute atomic E-state index is 12.2. The number of aryl methyl sites for hydroxylation is 2. The first-order valence-corrected chi connectivity index (χ1v) is 11.7. The minimum Gasteiger partial charge on any atom is -0.387 e. The van der Waals surface area contributed by atoms with E-state index in [2.05, 4.69) is 34.6 Å². The molecule has 0 saturated carbocycles. The molecule has 2 aromatic rings. The number of aliphatic hydroxyl groups excluding tert-OH is 1. The first-order chi connectivity index (χ1) is 11.9. The fraction of sp³-hybridized carbons (Fsp3) is 0.647. The van der Waals surface area contributed by atoms with E-state index in [9.17, 15) is 15.0 Å². The summed E-state index contributed by atoms with van der Waals surface area (Å²) >= 11 is 0. The van der Waals surface area contributed by atoms with E-state index < -0.39 is 30.9 Å². The predicted molar refractivity (Wildman–Crippen MR) is 104 cm³/mol. The normalized spacial score (nSPS) is 29.6. The van der Waals surface area contributed by atoms with Crippen LogP contribution in [0.1, 0.15) is 31.2 Å². The summed E-state index contributed by atoms with van der Waals surface area (Å²) in [4.78, 5) is 23.4. The summed E-state index contributed by atoms with van der Waals surface area (Å²) < 4.78 is 7.66. The second kappa shape index (κ2) is 6.30. The van der Waals surface area contributed by atoms with Crippen LogP contribution in [0, 0.1) is 13.8 Å². The van der Waals surface area contributed by atoms with Crippen molar-refractivity contribution in [3.63, 3.8) is 0 Å². The fourth-order valence-electron chi connectivity index (χ4n) is 3.41. The SMILES string of the molecule is C=P(C)(C)CC[C@H]1OC(n2c(C)nc3c(=O)[nH]c(C)nc32)[C@](C)(O)[C@@H]1O. The molecular formula is C17H27N4O4P. The molecule has 0 spiro atoms. The Balaban J connectivity index is 2.04. The van der Waals surface area contributed by atoms with Crippen LogP contribution in [0.4, 0.5) is 0 Å². The lowest BCUT2D eigenvalue weighted by molar-refractivity contribution is -0.0947. The predicted octanol–water partition coefficient (Wildman–Crippen LogP) is 0.845. The first-order valence-electron chi connectivity index (χ1n) is 8.60.